The van der Waals surface area contributed by atoms with E-state index in [1.54, 1.807) is 0 Å². The summed E-state index contributed by atoms with van der Waals surface area (Å²) in [5.41, 5.74) is 3.17. The zero-order valence-electron chi connectivity index (χ0n) is 34.3. The Morgan fingerprint density at radius 3 is 2.09 bits per heavy atom. The van der Waals surface area contributed by atoms with Gasteiger partial charge in [0.05, 0.1) is 12.7 Å². The summed E-state index contributed by atoms with van der Waals surface area (Å²) in [4.78, 5) is 39.3. The van der Waals surface area contributed by atoms with Gasteiger partial charge in [-0.05, 0) is 173 Å². The van der Waals surface area contributed by atoms with Crippen LogP contribution in [0.4, 0.5) is 4.79 Å². The van der Waals surface area contributed by atoms with Crippen molar-refractivity contribution in [3.63, 3.8) is 0 Å². The van der Waals surface area contributed by atoms with Gasteiger partial charge in [-0.25, -0.2) is 9.59 Å². The molecule has 2 N–H and O–H groups in total. The fourth-order valence-electron chi connectivity index (χ4n) is 13.7. The van der Waals surface area contributed by atoms with Crippen molar-refractivity contribution < 1.29 is 23.9 Å². The SMILES string of the molecule is C=C(C)C1CC[C@]2(NC(=O)C3(NC(=O)OC(C)(C)C)CC3)CC[C@]3(C)[C@H](CC[C@@H]4[C@@]5(C)CC=C(c6ccc(C(=O)OC)cc6)C(C)(C)[C@@H]5CC[C@]43C)[C@@H]12. The summed E-state index contributed by atoms with van der Waals surface area (Å²) in [7, 11) is 1.43. The van der Waals surface area contributed by atoms with Gasteiger partial charge >= 0.3 is 12.1 Å². The van der Waals surface area contributed by atoms with E-state index < -0.39 is 17.2 Å². The quantitative estimate of drug-likeness (QED) is 0.225. The molecular weight excluding hydrogens is 661 g/mol. The zero-order valence-corrected chi connectivity index (χ0v) is 34.3. The lowest BCUT2D eigenvalue weighted by molar-refractivity contribution is -0.219. The van der Waals surface area contributed by atoms with Gasteiger partial charge in [-0.15, -0.1) is 0 Å². The smallest absolute Gasteiger partial charge is 0.408 e. The van der Waals surface area contributed by atoms with Crippen LogP contribution < -0.4 is 10.6 Å². The fourth-order valence-corrected chi connectivity index (χ4v) is 13.7. The Balaban J connectivity index is 1.16. The highest BCUT2D eigenvalue weighted by Gasteiger charge is 2.71. The summed E-state index contributed by atoms with van der Waals surface area (Å²) in [5, 5.41) is 6.67. The van der Waals surface area contributed by atoms with Crippen LogP contribution in [0, 0.1) is 51.2 Å². The van der Waals surface area contributed by atoms with Crippen molar-refractivity contribution in [3.05, 3.63) is 53.6 Å². The van der Waals surface area contributed by atoms with E-state index in [-0.39, 0.29) is 39.1 Å². The number of alkyl carbamates (subject to hydrolysis) is 1. The third-order valence-corrected chi connectivity index (χ3v) is 16.5. The predicted molar refractivity (Wildman–Crippen MR) is 210 cm³/mol. The van der Waals surface area contributed by atoms with Gasteiger partial charge in [0.15, 0.2) is 0 Å². The van der Waals surface area contributed by atoms with Crippen LogP contribution in [0.3, 0.4) is 0 Å². The van der Waals surface area contributed by atoms with Crippen molar-refractivity contribution in [2.75, 3.05) is 7.11 Å². The van der Waals surface area contributed by atoms with Crippen LogP contribution in [0.2, 0.25) is 0 Å². The van der Waals surface area contributed by atoms with E-state index in [1.807, 2.05) is 32.9 Å². The topological polar surface area (TPSA) is 93.7 Å². The lowest BCUT2D eigenvalue weighted by Gasteiger charge is -2.72. The third kappa shape index (κ3) is 5.83. The molecule has 1 aromatic carbocycles. The molecule has 0 bridgehead atoms. The molecule has 0 saturated heterocycles. The largest absolute Gasteiger partial charge is 0.465 e. The maximum absolute atomic E-state index is 14.3. The van der Waals surface area contributed by atoms with Crippen molar-refractivity contribution in [1.82, 2.24) is 10.6 Å². The highest BCUT2D eigenvalue weighted by molar-refractivity contribution is 5.93. The number of hydrogen-bond donors (Lipinski definition) is 2. The van der Waals surface area contributed by atoms with E-state index in [0.717, 1.165) is 32.1 Å². The van der Waals surface area contributed by atoms with Crippen molar-refractivity contribution in [1.29, 1.82) is 0 Å². The van der Waals surface area contributed by atoms with Crippen LogP contribution in [0.1, 0.15) is 149 Å². The molecule has 0 aromatic heterocycles. The van der Waals surface area contributed by atoms with Crippen LogP contribution in [0.5, 0.6) is 0 Å². The van der Waals surface area contributed by atoms with Gasteiger partial charge in [0.25, 0.3) is 0 Å². The summed E-state index contributed by atoms with van der Waals surface area (Å²) in [6.07, 6.45) is 13.3. The number of carbonyl (C=O) groups is 3. The second-order valence-electron chi connectivity index (χ2n) is 20.6. The molecule has 7 heteroatoms. The molecule has 290 valence electrons. The Kier molecular flexibility index (Phi) is 8.98. The minimum atomic E-state index is -0.871. The lowest BCUT2D eigenvalue weighted by Crippen LogP contribution is -2.69. The number of allylic oxidation sites excluding steroid dienone is 3. The Morgan fingerprint density at radius 2 is 1.49 bits per heavy atom. The first-order valence-electron chi connectivity index (χ1n) is 20.6. The van der Waals surface area contributed by atoms with Gasteiger partial charge in [0, 0.05) is 5.54 Å². The third-order valence-electron chi connectivity index (χ3n) is 16.5. The molecule has 1 aromatic rings. The summed E-state index contributed by atoms with van der Waals surface area (Å²) in [6.45, 7) is 25.1. The van der Waals surface area contributed by atoms with Crippen molar-refractivity contribution >= 4 is 23.5 Å². The Labute approximate surface area is 318 Å². The normalized spacial score (nSPS) is 39.1. The first kappa shape index (κ1) is 38.2. The van der Waals surface area contributed by atoms with E-state index in [1.165, 1.54) is 49.5 Å². The Bertz CT molecular complexity index is 1720. The molecule has 2 amide bonds. The number of esters is 1. The van der Waals surface area contributed by atoms with E-state index in [4.69, 9.17) is 9.47 Å². The average Bonchev–Trinajstić information content (AvgIpc) is 3.75. The van der Waals surface area contributed by atoms with Crippen LogP contribution in [0.25, 0.3) is 5.57 Å². The van der Waals surface area contributed by atoms with Gasteiger partial charge in [0.2, 0.25) is 5.91 Å². The lowest BCUT2D eigenvalue weighted by atomic mass is 9.33. The molecule has 5 fully saturated rings. The van der Waals surface area contributed by atoms with Crippen LogP contribution in [-0.4, -0.2) is 41.8 Å². The van der Waals surface area contributed by atoms with E-state index in [0.29, 0.717) is 48.0 Å². The van der Waals surface area contributed by atoms with Crippen LogP contribution in [0.15, 0.2) is 42.5 Å². The maximum Gasteiger partial charge on any atom is 0.408 e. The molecule has 9 atom stereocenters. The van der Waals surface area contributed by atoms with E-state index >= 15 is 0 Å². The van der Waals surface area contributed by atoms with Gasteiger partial charge in [-0.2, -0.15) is 0 Å². The minimum absolute atomic E-state index is 0.00648. The van der Waals surface area contributed by atoms with Crippen molar-refractivity contribution in [2.45, 2.75) is 150 Å². The molecular formula is C46H66N2O5. The number of fused-ring (bicyclic) bond motifs is 7. The van der Waals surface area contributed by atoms with E-state index in [2.05, 4.69) is 77.0 Å². The molecule has 53 heavy (non-hydrogen) atoms. The number of methoxy groups -OCH3 is 1. The number of hydrogen-bond acceptors (Lipinski definition) is 5. The summed E-state index contributed by atoms with van der Waals surface area (Å²) >= 11 is 0. The predicted octanol–water partition coefficient (Wildman–Crippen LogP) is 10.0. The Hall–Kier alpha value is -3.09. The number of nitrogens with one attached hydrogen (secondary N) is 2. The molecule has 0 aliphatic heterocycles. The number of rotatable bonds is 6. The fraction of sp³-hybridized carbons (Fsp3) is 0.717. The highest BCUT2D eigenvalue weighted by Crippen LogP contribution is 2.76. The number of ether oxygens (including phenoxy) is 2. The molecule has 0 spiro atoms. The molecule has 5 saturated carbocycles. The molecule has 7 rings (SSSR count). The zero-order chi connectivity index (χ0) is 38.6. The van der Waals surface area contributed by atoms with E-state index in [9.17, 15) is 14.4 Å². The second kappa shape index (κ2) is 12.5. The first-order chi connectivity index (χ1) is 24.7. The molecule has 0 heterocycles. The van der Waals surface area contributed by atoms with Gasteiger partial charge in [-0.3, -0.25) is 4.79 Å². The number of benzene rings is 1. The molecule has 6 aliphatic carbocycles. The highest BCUT2D eigenvalue weighted by atomic mass is 16.6. The molecule has 0 radical (unpaired) electrons. The molecule has 6 aliphatic rings. The number of carbonyl (C=O) groups excluding carboxylic acids is 3. The average molecular weight is 727 g/mol. The van der Waals surface area contributed by atoms with Crippen molar-refractivity contribution in [2.24, 2.45) is 51.2 Å². The standard InChI is InChI=1S/C46H66N2O5/c1-28(2)31-18-23-45(47-38(50)46(26-27-46)48-39(51)53-40(3,4)5)25-24-43(9)33(36(31)45)16-17-35-42(8)21-19-32(29-12-14-30(15-13-29)37(49)52-11)41(6,7)34(42)20-22-44(35,43)10/h12-15,19,31,33-36H,1,16-18,20-27H2,2-11H3,(H,47,50)(H,48,51)/t31?,33-,34+,35-,36-,42+,43-,44-,45+/m1/s1. The van der Waals surface area contributed by atoms with Crippen molar-refractivity contribution in [3.8, 4) is 0 Å². The van der Waals surface area contributed by atoms with Gasteiger partial charge in [-0.1, -0.05) is 65.0 Å². The first-order valence-corrected chi connectivity index (χ1v) is 20.6. The Morgan fingerprint density at radius 1 is 0.811 bits per heavy atom. The summed E-state index contributed by atoms with van der Waals surface area (Å²) in [6, 6.07) is 8.02. The van der Waals surface area contributed by atoms with Gasteiger partial charge in [0.1, 0.15) is 11.1 Å². The minimum Gasteiger partial charge on any atom is -0.465 e. The van der Waals surface area contributed by atoms with Gasteiger partial charge < -0.3 is 20.1 Å². The number of amides is 2. The summed E-state index contributed by atoms with van der Waals surface area (Å²) in [5.74, 6) is 2.04. The van der Waals surface area contributed by atoms with Crippen LogP contribution in [-0.2, 0) is 14.3 Å². The summed E-state index contributed by atoms with van der Waals surface area (Å²) < 4.78 is 10.5. The van der Waals surface area contributed by atoms with Crippen LogP contribution >= 0.6 is 0 Å². The monoisotopic (exact) mass is 726 g/mol. The molecule has 7 nitrogen and oxygen atoms in total. The maximum atomic E-state index is 14.3. The molecule has 1 unspecified atom stereocenters. The second-order valence-corrected chi connectivity index (χ2v) is 20.6.